The molecule has 1 aromatic carbocycles. The van der Waals surface area contributed by atoms with Crippen LogP contribution in [0.3, 0.4) is 0 Å². The number of aryl methyl sites for hydroxylation is 1. The molecule has 0 aliphatic carbocycles. The molecule has 62 valence electrons. The Hall–Kier alpha value is -1.71. The highest BCUT2D eigenvalue weighted by atomic mass is 16.6. The molecule has 0 bridgehead atoms. The molecule has 12 heavy (non-hydrogen) atoms. The molecule has 0 N–H and O–H groups in total. The molecule has 1 aromatic rings. The van der Waals surface area contributed by atoms with E-state index in [1.165, 1.54) is 6.07 Å². The van der Waals surface area contributed by atoms with Crippen LogP contribution < -0.4 is 0 Å². The smallest absolute Gasteiger partial charge is 0.265 e. The van der Waals surface area contributed by atoms with Crippen LogP contribution in [-0.4, -0.2) is 11.6 Å². The Labute approximate surface area is 69.7 Å². The van der Waals surface area contributed by atoms with Crippen molar-refractivity contribution in [1.82, 2.24) is 0 Å². The predicted octanol–water partition coefficient (Wildman–Crippen LogP) is 2.24. The van der Waals surface area contributed by atoms with Gasteiger partial charge in [-0.1, -0.05) is 0 Å². The zero-order valence-electron chi connectivity index (χ0n) is 6.65. The van der Waals surface area contributed by atoms with E-state index >= 15 is 0 Å². The maximum atomic E-state index is 10.4. The second-order valence-electron chi connectivity index (χ2n) is 2.39. The zero-order chi connectivity index (χ0) is 9.14. The Bertz CT molecular complexity index is 334. The molecular weight excluding hydrogens is 156 g/mol. The van der Waals surface area contributed by atoms with Crippen molar-refractivity contribution >= 4 is 18.1 Å². The quantitative estimate of drug-likeness (QED) is 0.382. The van der Waals surface area contributed by atoms with Crippen molar-refractivity contribution in [3.63, 3.8) is 0 Å². The summed E-state index contributed by atoms with van der Waals surface area (Å²) in [6.45, 7) is 5.00. The van der Waals surface area contributed by atoms with Crippen LogP contribution in [0.1, 0.15) is 5.56 Å². The minimum atomic E-state index is -0.414. The summed E-state index contributed by atoms with van der Waals surface area (Å²) in [5, 5.41) is 10.4. The van der Waals surface area contributed by atoms with E-state index in [2.05, 4.69) is 11.7 Å². The fraction of sp³-hybridized carbons (Fsp3) is 0.125. The Morgan fingerprint density at radius 3 is 2.67 bits per heavy atom. The number of benzene rings is 1. The van der Waals surface area contributed by atoms with Gasteiger partial charge in [0.15, 0.2) is 0 Å². The fourth-order valence-electron chi connectivity index (χ4n) is 0.943. The minimum Gasteiger partial charge on any atom is -0.265 e. The molecule has 0 radical (unpaired) electrons. The molecule has 0 aromatic heterocycles. The first-order chi connectivity index (χ1) is 5.65. The molecule has 0 fully saturated rings. The molecule has 0 atom stereocenters. The van der Waals surface area contributed by atoms with Gasteiger partial charge in [0.05, 0.1) is 10.6 Å². The zero-order valence-corrected chi connectivity index (χ0v) is 6.65. The van der Waals surface area contributed by atoms with E-state index in [-0.39, 0.29) is 5.69 Å². The number of nitro benzene ring substituents is 1. The third-order valence-electron chi connectivity index (χ3n) is 1.56. The van der Waals surface area contributed by atoms with Crippen molar-refractivity contribution in [1.29, 1.82) is 0 Å². The van der Waals surface area contributed by atoms with Crippen molar-refractivity contribution < 1.29 is 4.92 Å². The van der Waals surface area contributed by atoms with Gasteiger partial charge in [-0.25, -0.2) is 0 Å². The van der Waals surface area contributed by atoms with E-state index in [1.807, 2.05) is 0 Å². The summed E-state index contributed by atoms with van der Waals surface area (Å²) in [4.78, 5) is 13.6. The molecule has 0 unspecified atom stereocenters. The summed E-state index contributed by atoms with van der Waals surface area (Å²) < 4.78 is 0. The third kappa shape index (κ3) is 1.47. The van der Waals surface area contributed by atoms with Gasteiger partial charge in [0, 0.05) is 11.6 Å². The first-order valence-corrected chi connectivity index (χ1v) is 3.37. The number of hydrogen-bond acceptors (Lipinski definition) is 3. The number of rotatable bonds is 2. The molecule has 1 rings (SSSR count). The van der Waals surface area contributed by atoms with Crippen LogP contribution in [0.25, 0.3) is 0 Å². The van der Waals surface area contributed by atoms with Crippen LogP contribution in [0.5, 0.6) is 0 Å². The lowest BCUT2D eigenvalue weighted by Gasteiger charge is -1.96. The summed E-state index contributed by atoms with van der Waals surface area (Å²) >= 11 is 0. The van der Waals surface area contributed by atoms with Crippen molar-refractivity contribution in [3.8, 4) is 0 Å². The van der Waals surface area contributed by atoms with Crippen LogP contribution in [0.4, 0.5) is 11.4 Å². The van der Waals surface area contributed by atoms with Gasteiger partial charge in [-0.3, -0.25) is 15.1 Å². The van der Waals surface area contributed by atoms with Gasteiger partial charge in [0.1, 0.15) is 0 Å². The predicted molar refractivity (Wildman–Crippen MR) is 47.0 cm³/mol. The second-order valence-corrected chi connectivity index (χ2v) is 2.39. The maximum Gasteiger partial charge on any atom is 0.272 e. The van der Waals surface area contributed by atoms with Crippen LogP contribution in [0, 0.1) is 17.0 Å². The van der Waals surface area contributed by atoms with Crippen molar-refractivity contribution in [2.75, 3.05) is 0 Å². The monoisotopic (exact) mass is 164 g/mol. The van der Waals surface area contributed by atoms with Crippen molar-refractivity contribution in [2.45, 2.75) is 6.92 Å². The average Bonchev–Trinajstić information content (AvgIpc) is 2.03. The average molecular weight is 164 g/mol. The van der Waals surface area contributed by atoms with Crippen molar-refractivity contribution in [2.24, 2.45) is 4.99 Å². The second kappa shape index (κ2) is 3.13. The molecule has 0 heterocycles. The summed E-state index contributed by atoms with van der Waals surface area (Å²) in [7, 11) is 0. The Morgan fingerprint density at radius 2 is 2.25 bits per heavy atom. The van der Waals surface area contributed by atoms with Gasteiger partial charge in [0.2, 0.25) is 0 Å². The van der Waals surface area contributed by atoms with E-state index in [1.54, 1.807) is 19.1 Å². The Morgan fingerprint density at radius 1 is 1.58 bits per heavy atom. The molecular formula is C8H8N2O2. The van der Waals surface area contributed by atoms with Crippen LogP contribution in [0.2, 0.25) is 0 Å². The van der Waals surface area contributed by atoms with Crippen LogP contribution >= 0.6 is 0 Å². The molecule has 0 saturated heterocycles. The molecule has 4 nitrogen and oxygen atoms in total. The summed E-state index contributed by atoms with van der Waals surface area (Å²) in [5.41, 5.74) is 1.37. The number of hydrogen-bond donors (Lipinski definition) is 0. The normalized spacial score (nSPS) is 9.42. The van der Waals surface area contributed by atoms with Crippen molar-refractivity contribution in [3.05, 3.63) is 33.9 Å². The third-order valence-corrected chi connectivity index (χ3v) is 1.56. The van der Waals surface area contributed by atoms with E-state index in [9.17, 15) is 10.1 Å². The lowest BCUT2D eigenvalue weighted by Crippen LogP contribution is -1.90. The molecule has 0 aliphatic heterocycles. The number of aliphatic imine (C=N–C) groups is 1. The molecule has 4 heteroatoms. The van der Waals surface area contributed by atoms with Gasteiger partial charge in [0.25, 0.3) is 5.69 Å². The van der Waals surface area contributed by atoms with E-state index < -0.39 is 4.92 Å². The van der Waals surface area contributed by atoms with E-state index in [0.717, 1.165) is 0 Å². The highest BCUT2D eigenvalue weighted by molar-refractivity contribution is 5.53. The summed E-state index contributed by atoms with van der Waals surface area (Å²) in [6, 6.07) is 4.63. The molecule has 0 aliphatic rings. The lowest BCUT2D eigenvalue weighted by molar-refractivity contribution is -0.385. The summed E-state index contributed by atoms with van der Waals surface area (Å²) in [5.74, 6) is 0. The lowest BCUT2D eigenvalue weighted by atomic mass is 10.2. The highest BCUT2D eigenvalue weighted by Gasteiger charge is 2.08. The van der Waals surface area contributed by atoms with E-state index in [4.69, 9.17) is 0 Å². The topological polar surface area (TPSA) is 55.5 Å². The SMILES string of the molecule is C=Nc1ccc([N+](=O)[O-])c(C)c1. The van der Waals surface area contributed by atoms with Gasteiger partial charge in [-0.15, -0.1) is 0 Å². The summed E-state index contributed by atoms with van der Waals surface area (Å²) in [6.07, 6.45) is 0. The maximum absolute atomic E-state index is 10.4. The van der Waals surface area contributed by atoms with Crippen LogP contribution in [0.15, 0.2) is 23.2 Å². The standard InChI is InChI=1S/C8H8N2O2/c1-6-5-7(9-2)3-4-8(6)10(11)12/h3-5H,2H2,1H3. The van der Waals surface area contributed by atoms with Crippen LogP contribution in [-0.2, 0) is 0 Å². The number of nitrogens with zero attached hydrogens (tertiary/aromatic N) is 2. The largest absolute Gasteiger partial charge is 0.272 e. The number of nitro groups is 1. The molecule has 0 saturated carbocycles. The highest BCUT2D eigenvalue weighted by Crippen LogP contribution is 2.22. The molecule has 0 amide bonds. The fourth-order valence-corrected chi connectivity index (χ4v) is 0.943. The first-order valence-electron chi connectivity index (χ1n) is 3.37. The minimum absolute atomic E-state index is 0.113. The van der Waals surface area contributed by atoms with Gasteiger partial charge < -0.3 is 0 Å². The van der Waals surface area contributed by atoms with Gasteiger partial charge in [-0.05, 0) is 25.8 Å². The first kappa shape index (κ1) is 8.39. The molecule has 0 spiro atoms. The van der Waals surface area contributed by atoms with Gasteiger partial charge >= 0.3 is 0 Å². The van der Waals surface area contributed by atoms with E-state index in [0.29, 0.717) is 11.3 Å². The Balaban J connectivity index is 3.20. The Kier molecular flexibility index (Phi) is 2.19. The van der Waals surface area contributed by atoms with Gasteiger partial charge in [-0.2, -0.15) is 0 Å².